The predicted molar refractivity (Wildman–Crippen MR) is 92.0 cm³/mol. The van der Waals surface area contributed by atoms with E-state index in [1.807, 2.05) is 31.2 Å². The van der Waals surface area contributed by atoms with E-state index in [-0.39, 0.29) is 5.76 Å². The Balaban J connectivity index is 1.73. The molecule has 25 heavy (non-hydrogen) atoms. The van der Waals surface area contributed by atoms with Gasteiger partial charge in [0.1, 0.15) is 10.7 Å². The van der Waals surface area contributed by atoms with Crippen LogP contribution in [0.1, 0.15) is 17.5 Å². The lowest BCUT2D eigenvalue weighted by Gasteiger charge is -2.04. The second kappa shape index (κ2) is 7.14. The molecule has 0 fully saturated rings. The summed E-state index contributed by atoms with van der Waals surface area (Å²) in [7, 11) is 0. The highest BCUT2D eigenvalue weighted by molar-refractivity contribution is 7.14. The van der Waals surface area contributed by atoms with E-state index >= 15 is 0 Å². The van der Waals surface area contributed by atoms with E-state index in [0.29, 0.717) is 17.4 Å². The van der Waals surface area contributed by atoms with E-state index in [1.54, 1.807) is 5.38 Å². The molecular formula is C16H13N3O5S. The van der Waals surface area contributed by atoms with Crippen molar-refractivity contribution in [3.05, 3.63) is 57.7 Å². The summed E-state index contributed by atoms with van der Waals surface area (Å²) >= 11 is 1.24. The maximum absolute atomic E-state index is 12.1. The standard InChI is InChI=1S/C16H13N3O5S/c1-2-23-11-5-3-4-10(8-11)12-9-25-16(17-12)18-15(20)13-6-7-14(24-13)19(21)22/h3-9H,2H2,1H3,(H,17,18,20). The highest BCUT2D eigenvalue weighted by Crippen LogP contribution is 2.28. The Hall–Kier alpha value is -3.20. The summed E-state index contributed by atoms with van der Waals surface area (Å²) < 4.78 is 10.3. The molecule has 0 saturated heterocycles. The largest absolute Gasteiger partial charge is 0.494 e. The molecule has 1 amide bonds. The van der Waals surface area contributed by atoms with Crippen LogP contribution in [0.4, 0.5) is 11.0 Å². The number of hydrogen-bond acceptors (Lipinski definition) is 7. The van der Waals surface area contributed by atoms with Crippen LogP contribution >= 0.6 is 11.3 Å². The third-order valence-electron chi connectivity index (χ3n) is 3.16. The lowest BCUT2D eigenvalue weighted by atomic mass is 10.2. The van der Waals surface area contributed by atoms with Crippen molar-refractivity contribution in [1.82, 2.24) is 4.98 Å². The van der Waals surface area contributed by atoms with Crippen molar-refractivity contribution >= 4 is 28.3 Å². The molecule has 0 radical (unpaired) electrons. The quantitative estimate of drug-likeness (QED) is 0.527. The first kappa shape index (κ1) is 16.7. The summed E-state index contributed by atoms with van der Waals surface area (Å²) in [5, 5.41) is 15.3. The summed E-state index contributed by atoms with van der Waals surface area (Å²) in [6.45, 7) is 2.47. The molecule has 0 saturated carbocycles. The number of benzene rings is 1. The normalized spacial score (nSPS) is 10.4. The number of thiazole rings is 1. The lowest BCUT2D eigenvalue weighted by molar-refractivity contribution is -0.402. The van der Waals surface area contributed by atoms with Gasteiger partial charge in [-0.25, -0.2) is 4.98 Å². The number of carbonyl (C=O) groups is 1. The van der Waals surface area contributed by atoms with Crippen molar-refractivity contribution in [3.63, 3.8) is 0 Å². The molecule has 0 spiro atoms. The molecule has 3 aromatic rings. The summed E-state index contributed by atoms with van der Waals surface area (Å²) in [5.74, 6) is -0.502. The number of ether oxygens (including phenoxy) is 1. The number of nitrogens with one attached hydrogen (secondary N) is 1. The van der Waals surface area contributed by atoms with Gasteiger partial charge in [-0.05, 0) is 25.1 Å². The minimum atomic E-state index is -0.705. The molecule has 9 heteroatoms. The maximum atomic E-state index is 12.1. The Labute approximate surface area is 146 Å². The fourth-order valence-electron chi connectivity index (χ4n) is 2.08. The van der Waals surface area contributed by atoms with Crippen LogP contribution in [0.25, 0.3) is 11.3 Å². The molecule has 0 unspecified atom stereocenters. The molecule has 2 aromatic heterocycles. The Morgan fingerprint density at radius 3 is 2.96 bits per heavy atom. The second-order valence-corrected chi connectivity index (χ2v) is 5.71. The van der Waals surface area contributed by atoms with Crippen LogP contribution in [0, 0.1) is 10.1 Å². The van der Waals surface area contributed by atoms with Crippen molar-refractivity contribution < 1.29 is 18.9 Å². The van der Waals surface area contributed by atoms with E-state index in [0.717, 1.165) is 17.4 Å². The third-order valence-corrected chi connectivity index (χ3v) is 3.92. The van der Waals surface area contributed by atoms with Crippen LogP contribution in [0.2, 0.25) is 0 Å². The number of carbonyl (C=O) groups excluding carboxylic acids is 1. The van der Waals surface area contributed by atoms with Gasteiger partial charge in [0.15, 0.2) is 10.9 Å². The number of rotatable bonds is 6. The van der Waals surface area contributed by atoms with Crippen LogP contribution in [0.3, 0.4) is 0 Å². The van der Waals surface area contributed by atoms with Gasteiger partial charge in [0.25, 0.3) is 5.91 Å². The molecule has 0 aliphatic heterocycles. The maximum Gasteiger partial charge on any atom is 0.433 e. The van der Waals surface area contributed by atoms with Gasteiger partial charge < -0.3 is 9.15 Å². The van der Waals surface area contributed by atoms with E-state index in [1.165, 1.54) is 17.4 Å². The van der Waals surface area contributed by atoms with Gasteiger partial charge in [0.05, 0.1) is 18.4 Å². The number of nitro groups is 1. The summed E-state index contributed by atoms with van der Waals surface area (Å²) in [6, 6.07) is 9.83. The van der Waals surface area contributed by atoms with Gasteiger partial charge in [-0.2, -0.15) is 0 Å². The number of nitrogens with zero attached hydrogens (tertiary/aromatic N) is 2. The molecular weight excluding hydrogens is 346 g/mol. The van der Waals surface area contributed by atoms with Crippen LogP contribution in [0.15, 0.2) is 46.2 Å². The highest BCUT2D eigenvalue weighted by Gasteiger charge is 2.18. The van der Waals surface area contributed by atoms with Crippen LogP contribution in [-0.4, -0.2) is 22.4 Å². The Bertz CT molecular complexity index is 918. The minimum absolute atomic E-state index is 0.151. The molecule has 0 aliphatic rings. The first-order valence-electron chi connectivity index (χ1n) is 7.31. The SMILES string of the molecule is CCOc1cccc(-c2csc(NC(=O)c3ccc([N+](=O)[O-])o3)n2)c1. The average Bonchev–Trinajstić information content (AvgIpc) is 3.25. The van der Waals surface area contributed by atoms with Gasteiger partial charge in [-0.15, -0.1) is 11.3 Å². The summed E-state index contributed by atoms with van der Waals surface area (Å²) in [5.41, 5.74) is 1.55. The number of amides is 1. The number of furan rings is 1. The molecule has 1 N–H and O–H groups in total. The van der Waals surface area contributed by atoms with E-state index in [4.69, 9.17) is 9.15 Å². The smallest absolute Gasteiger partial charge is 0.433 e. The topological polar surface area (TPSA) is 108 Å². The van der Waals surface area contributed by atoms with E-state index in [2.05, 4.69) is 10.3 Å². The number of aromatic nitrogens is 1. The highest BCUT2D eigenvalue weighted by atomic mass is 32.1. The van der Waals surface area contributed by atoms with Gasteiger partial charge in [-0.1, -0.05) is 12.1 Å². The Kier molecular flexibility index (Phi) is 4.75. The van der Waals surface area contributed by atoms with Gasteiger partial charge in [-0.3, -0.25) is 20.2 Å². The molecule has 128 valence electrons. The second-order valence-electron chi connectivity index (χ2n) is 4.85. The summed E-state index contributed by atoms with van der Waals surface area (Å²) in [6.07, 6.45) is 0. The molecule has 2 heterocycles. The van der Waals surface area contributed by atoms with Crippen molar-refractivity contribution in [2.75, 3.05) is 11.9 Å². The van der Waals surface area contributed by atoms with Crippen molar-refractivity contribution in [1.29, 1.82) is 0 Å². The molecule has 3 rings (SSSR count). The van der Waals surface area contributed by atoms with Gasteiger partial charge in [0, 0.05) is 10.9 Å². The average molecular weight is 359 g/mol. The van der Waals surface area contributed by atoms with Crippen LogP contribution < -0.4 is 10.1 Å². The molecule has 8 nitrogen and oxygen atoms in total. The molecule has 0 aliphatic carbocycles. The van der Waals surface area contributed by atoms with Crippen molar-refractivity contribution in [2.24, 2.45) is 0 Å². The number of hydrogen-bond donors (Lipinski definition) is 1. The fourth-order valence-corrected chi connectivity index (χ4v) is 2.80. The zero-order valence-corrected chi connectivity index (χ0v) is 13.9. The minimum Gasteiger partial charge on any atom is -0.494 e. The van der Waals surface area contributed by atoms with Crippen LogP contribution in [-0.2, 0) is 0 Å². The number of anilines is 1. The first-order chi connectivity index (χ1) is 12.1. The zero-order chi connectivity index (χ0) is 17.8. The van der Waals surface area contributed by atoms with Crippen LogP contribution in [0.5, 0.6) is 5.75 Å². The van der Waals surface area contributed by atoms with Gasteiger partial charge >= 0.3 is 5.88 Å². The third kappa shape index (κ3) is 3.83. The van der Waals surface area contributed by atoms with Crippen molar-refractivity contribution in [2.45, 2.75) is 6.92 Å². The molecule has 1 aromatic carbocycles. The Morgan fingerprint density at radius 2 is 2.24 bits per heavy atom. The van der Waals surface area contributed by atoms with Crippen molar-refractivity contribution in [3.8, 4) is 17.0 Å². The van der Waals surface area contributed by atoms with Gasteiger partial charge in [0.2, 0.25) is 0 Å². The fraction of sp³-hybridized carbons (Fsp3) is 0.125. The molecule has 0 bridgehead atoms. The first-order valence-corrected chi connectivity index (χ1v) is 8.19. The molecule has 0 atom stereocenters. The monoisotopic (exact) mass is 359 g/mol. The Morgan fingerprint density at radius 1 is 1.40 bits per heavy atom. The predicted octanol–water partition coefficient (Wildman–Crippen LogP) is 3.96. The zero-order valence-electron chi connectivity index (χ0n) is 13.1. The van der Waals surface area contributed by atoms with E-state index in [9.17, 15) is 14.9 Å². The lowest BCUT2D eigenvalue weighted by Crippen LogP contribution is -2.10. The summed E-state index contributed by atoms with van der Waals surface area (Å²) in [4.78, 5) is 26.3. The van der Waals surface area contributed by atoms with E-state index < -0.39 is 16.7 Å².